The average Bonchev–Trinajstić information content (AvgIpc) is 2.93. The quantitative estimate of drug-likeness (QED) is 0.616. The van der Waals surface area contributed by atoms with Gasteiger partial charge in [0, 0.05) is 23.6 Å². The minimum absolute atomic E-state index is 0.0181. The lowest BCUT2D eigenvalue weighted by Gasteiger charge is -2.11. The minimum Gasteiger partial charge on any atom is -0.352 e. The molecule has 1 aromatic carbocycles. The highest BCUT2D eigenvalue weighted by atomic mass is 35.5. The summed E-state index contributed by atoms with van der Waals surface area (Å²) >= 11 is 5.73. The van der Waals surface area contributed by atoms with Crippen LogP contribution in [0.1, 0.15) is 23.2 Å². The van der Waals surface area contributed by atoms with Crippen LogP contribution in [0.3, 0.4) is 0 Å². The molecule has 0 aromatic heterocycles. The van der Waals surface area contributed by atoms with Crippen LogP contribution in [0.2, 0.25) is 5.02 Å². The van der Waals surface area contributed by atoms with Crippen LogP contribution in [0.4, 0.5) is 0 Å². The van der Waals surface area contributed by atoms with E-state index in [2.05, 4.69) is 16.2 Å². The molecule has 1 heterocycles. The largest absolute Gasteiger partial charge is 0.352 e. The highest BCUT2D eigenvalue weighted by Gasteiger charge is 2.33. The van der Waals surface area contributed by atoms with Gasteiger partial charge in [0.05, 0.1) is 17.4 Å². The van der Waals surface area contributed by atoms with E-state index in [0.29, 0.717) is 10.6 Å². The summed E-state index contributed by atoms with van der Waals surface area (Å²) in [5, 5.41) is 3.08. The van der Waals surface area contributed by atoms with Gasteiger partial charge in [0.25, 0.3) is 5.91 Å². The van der Waals surface area contributed by atoms with Crippen LogP contribution in [-0.4, -0.2) is 44.2 Å². The van der Waals surface area contributed by atoms with Gasteiger partial charge in [-0.25, -0.2) is 8.42 Å². The van der Waals surface area contributed by atoms with Gasteiger partial charge in [-0.1, -0.05) is 11.6 Å². The van der Waals surface area contributed by atoms with E-state index in [4.69, 9.17) is 11.6 Å². The van der Waals surface area contributed by atoms with Crippen molar-refractivity contribution in [3.05, 3.63) is 34.9 Å². The lowest BCUT2D eigenvalue weighted by atomic mass is 10.1. The number of hydrogen-bond acceptors (Lipinski definition) is 5. The summed E-state index contributed by atoms with van der Waals surface area (Å²) in [5.41, 5.74) is 4.83. The zero-order valence-electron chi connectivity index (χ0n) is 13.2. The molecular formula is C15H18ClN3O5S. The van der Waals surface area contributed by atoms with Crippen LogP contribution in [-0.2, 0) is 19.4 Å². The molecule has 1 saturated heterocycles. The number of halogens is 1. The van der Waals surface area contributed by atoms with Gasteiger partial charge >= 0.3 is 0 Å². The third-order valence-corrected chi connectivity index (χ3v) is 5.69. The van der Waals surface area contributed by atoms with Crippen LogP contribution in [0.5, 0.6) is 0 Å². The highest BCUT2D eigenvalue weighted by molar-refractivity contribution is 7.91. The van der Waals surface area contributed by atoms with Crippen molar-refractivity contribution in [1.29, 1.82) is 0 Å². The number of nitrogens with one attached hydrogen (secondary N) is 3. The van der Waals surface area contributed by atoms with Crippen molar-refractivity contribution in [1.82, 2.24) is 16.2 Å². The van der Waals surface area contributed by atoms with Crippen molar-refractivity contribution in [2.75, 3.05) is 18.1 Å². The second-order valence-corrected chi connectivity index (χ2v) is 8.32. The van der Waals surface area contributed by atoms with Gasteiger partial charge < -0.3 is 5.32 Å². The summed E-state index contributed by atoms with van der Waals surface area (Å²) in [4.78, 5) is 35.2. The monoisotopic (exact) mass is 387 g/mol. The molecule has 1 aliphatic heterocycles. The number of hydrazine groups is 1. The van der Waals surface area contributed by atoms with Crippen LogP contribution in [0, 0.1) is 5.92 Å². The molecule has 1 atom stereocenters. The smallest absolute Gasteiger partial charge is 0.251 e. The maximum Gasteiger partial charge on any atom is 0.251 e. The Morgan fingerprint density at radius 1 is 1.12 bits per heavy atom. The Kier molecular flexibility index (Phi) is 6.38. The van der Waals surface area contributed by atoms with Gasteiger partial charge in [0.15, 0.2) is 9.84 Å². The van der Waals surface area contributed by atoms with Crippen molar-refractivity contribution >= 4 is 39.2 Å². The first kappa shape index (κ1) is 19.2. The zero-order chi connectivity index (χ0) is 18.4. The Labute approximate surface area is 150 Å². The van der Waals surface area contributed by atoms with Gasteiger partial charge in [0.1, 0.15) is 0 Å². The fraction of sp³-hybridized carbons (Fsp3) is 0.400. The lowest BCUT2D eigenvalue weighted by Crippen LogP contribution is -2.45. The van der Waals surface area contributed by atoms with Crippen molar-refractivity contribution < 1.29 is 22.8 Å². The second-order valence-electron chi connectivity index (χ2n) is 5.65. The van der Waals surface area contributed by atoms with E-state index in [9.17, 15) is 22.8 Å². The van der Waals surface area contributed by atoms with Gasteiger partial charge in [0.2, 0.25) is 11.8 Å². The van der Waals surface area contributed by atoms with Crippen LogP contribution >= 0.6 is 11.6 Å². The number of benzene rings is 1. The molecule has 1 aliphatic rings. The number of carbonyl (C=O) groups is 3. The maximum absolute atomic E-state index is 11.8. The summed E-state index contributed by atoms with van der Waals surface area (Å²) in [6.45, 7) is 0.0843. The topological polar surface area (TPSA) is 121 Å². The summed E-state index contributed by atoms with van der Waals surface area (Å²) in [6, 6.07) is 6.30. The van der Waals surface area contributed by atoms with Crippen molar-refractivity contribution in [3.8, 4) is 0 Å². The lowest BCUT2D eigenvalue weighted by molar-refractivity contribution is -0.130. The second kappa shape index (κ2) is 8.30. The number of sulfone groups is 1. The van der Waals surface area contributed by atoms with Crippen LogP contribution in [0.25, 0.3) is 0 Å². The molecule has 0 radical (unpaired) electrons. The molecule has 0 saturated carbocycles. The Bertz CT molecular complexity index is 764. The molecule has 0 unspecified atom stereocenters. The maximum atomic E-state index is 11.8. The molecule has 0 aliphatic carbocycles. The van der Waals surface area contributed by atoms with E-state index in [1.807, 2.05) is 0 Å². The normalized spacial score (nSPS) is 18.4. The summed E-state index contributed by atoms with van der Waals surface area (Å²) < 4.78 is 22.6. The summed E-state index contributed by atoms with van der Waals surface area (Å²) in [6.07, 6.45) is 0.212. The Balaban J connectivity index is 1.66. The van der Waals surface area contributed by atoms with Gasteiger partial charge in [-0.15, -0.1) is 0 Å². The molecule has 0 spiro atoms. The van der Waals surface area contributed by atoms with E-state index in [1.54, 1.807) is 24.3 Å². The number of rotatable bonds is 5. The summed E-state index contributed by atoms with van der Waals surface area (Å²) in [7, 11) is -3.16. The molecule has 10 heteroatoms. The van der Waals surface area contributed by atoms with E-state index in [-0.39, 0.29) is 36.8 Å². The van der Waals surface area contributed by atoms with Crippen molar-refractivity contribution in [3.63, 3.8) is 0 Å². The molecule has 3 amide bonds. The Morgan fingerprint density at radius 3 is 2.40 bits per heavy atom. The fourth-order valence-corrected chi connectivity index (χ4v) is 4.16. The van der Waals surface area contributed by atoms with E-state index < -0.39 is 27.6 Å². The van der Waals surface area contributed by atoms with Gasteiger partial charge in [-0.05, 0) is 30.7 Å². The molecule has 25 heavy (non-hydrogen) atoms. The first-order valence-corrected chi connectivity index (χ1v) is 9.80. The predicted octanol–water partition coefficient (Wildman–Crippen LogP) is 0.0420. The van der Waals surface area contributed by atoms with Crippen LogP contribution < -0.4 is 16.2 Å². The molecule has 8 nitrogen and oxygen atoms in total. The third-order valence-electron chi connectivity index (χ3n) is 3.67. The first-order valence-electron chi connectivity index (χ1n) is 7.60. The zero-order valence-corrected chi connectivity index (χ0v) is 14.8. The molecule has 136 valence electrons. The molecule has 1 fully saturated rings. The fourth-order valence-electron chi connectivity index (χ4n) is 2.29. The molecule has 0 bridgehead atoms. The average molecular weight is 388 g/mol. The molecule has 3 N–H and O–H groups in total. The highest BCUT2D eigenvalue weighted by Crippen LogP contribution is 2.17. The minimum atomic E-state index is -3.16. The number of hydrogen-bond donors (Lipinski definition) is 3. The molecule has 1 aromatic rings. The standard InChI is InChI=1S/C15H18ClN3O5S/c16-12-3-1-10(2-4-12)14(21)17-7-5-13(20)18-19-15(22)11-6-8-25(23,24)9-11/h1-4,11H,5-9H2,(H,17,21)(H,18,20)(H,19,22)/t11-/m0/s1. The Hall–Kier alpha value is -2.13. The first-order chi connectivity index (χ1) is 11.8. The summed E-state index contributed by atoms with van der Waals surface area (Å²) in [5.74, 6) is -2.23. The van der Waals surface area contributed by atoms with Gasteiger partial charge in [-0.3, -0.25) is 25.2 Å². The SMILES string of the molecule is O=C(CCNC(=O)c1ccc(Cl)cc1)NNC(=O)[C@H]1CCS(=O)(=O)C1. The Morgan fingerprint density at radius 2 is 1.80 bits per heavy atom. The van der Waals surface area contributed by atoms with Crippen molar-refractivity contribution in [2.24, 2.45) is 5.92 Å². The number of amides is 3. The molecular weight excluding hydrogens is 370 g/mol. The van der Waals surface area contributed by atoms with Crippen LogP contribution in [0.15, 0.2) is 24.3 Å². The molecule has 2 rings (SSSR count). The van der Waals surface area contributed by atoms with Crippen molar-refractivity contribution in [2.45, 2.75) is 12.8 Å². The van der Waals surface area contributed by atoms with E-state index in [1.165, 1.54) is 0 Å². The van der Waals surface area contributed by atoms with E-state index >= 15 is 0 Å². The number of carbonyl (C=O) groups excluding carboxylic acids is 3. The van der Waals surface area contributed by atoms with E-state index in [0.717, 1.165) is 0 Å². The predicted molar refractivity (Wildman–Crippen MR) is 91.4 cm³/mol. The third kappa shape index (κ3) is 6.02. The van der Waals surface area contributed by atoms with Gasteiger partial charge in [-0.2, -0.15) is 0 Å².